The van der Waals surface area contributed by atoms with Gasteiger partial charge in [-0.1, -0.05) is 52.3 Å². The minimum atomic E-state index is -1.77. The van der Waals surface area contributed by atoms with E-state index in [1.807, 2.05) is 18.2 Å². The quantitative estimate of drug-likeness (QED) is 0.425. The van der Waals surface area contributed by atoms with Crippen LogP contribution >= 0.6 is 11.6 Å². The maximum absolute atomic E-state index is 6.88. The predicted octanol–water partition coefficient (Wildman–Crippen LogP) is 6.44. The molecule has 1 aliphatic rings. The van der Waals surface area contributed by atoms with Crippen molar-refractivity contribution in [2.75, 3.05) is 20.2 Å². The number of nitrogens with one attached hydrogen (secondary N) is 1. The minimum absolute atomic E-state index is 0.0618. The summed E-state index contributed by atoms with van der Waals surface area (Å²) in [4.78, 5) is 0. The van der Waals surface area contributed by atoms with Crippen LogP contribution in [0.3, 0.4) is 0 Å². The molecule has 1 unspecified atom stereocenters. The molecule has 1 atom stereocenters. The van der Waals surface area contributed by atoms with E-state index in [0.29, 0.717) is 5.41 Å². The molecular weight excluding hydrogens is 374 g/mol. The first-order chi connectivity index (χ1) is 12.8. The van der Waals surface area contributed by atoms with Crippen LogP contribution in [0.1, 0.15) is 59.1 Å². The van der Waals surface area contributed by atoms with Crippen molar-refractivity contribution in [1.82, 2.24) is 5.32 Å². The van der Waals surface area contributed by atoms with E-state index in [1.165, 1.54) is 12.8 Å². The molecule has 5 heteroatoms. The van der Waals surface area contributed by atoms with Crippen LogP contribution in [0.2, 0.25) is 23.2 Å². The van der Waals surface area contributed by atoms with Crippen LogP contribution in [0.5, 0.6) is 5.75 Å². The van der Waals surface area contributed by atoms with Gasteiger partial charge in [0.2, 0.25) is 0 Å². The Hall–Kier alpha value is -0.553. The van der Waals surface area contributed by atoms with E-state index < -0.39 is 8.32 Å². The molecule has 1 aromatic carbocycles. The highest BCUT2D eigenvalue weighted by Gasteiger charge is 2.37. The number of hydrogen-bond donors (Lipinski definition) is 1. The van der Waals surface area contributed by atoms with Crippen molar-refractivity contribution >= 4 is 19.9 Å². The van der Waals surface area contributed by atoms with Crippen molar-refractivity contribution in [3.63, 3.8) is 0 Å². The molecule has 1 N–H and O–H groups in total. The molecule has 0 amide bonds. The Balaban J connectivity index is 2.16. The van der Waals surface area contributed by atoms with Crippen LogP contribution in [0.4, 0.5) is 0 Å². The summed E-state index contributed by atoms with van der Waals surface area (Å²) in [5.41, 5.74) is 1.51. The van der Waals surface area contributed by atoms with Crippen LogP contribution in [0.25, 0.3) is 0 Å². The molecule has 1 fully saturated rings. The van der Waals surface area contributed by atoms with Gasteiger partial charge in [-0.15, -0.1) is 0 Å². The van der Waals surface area contributed by atoms with Gasteiger partial charge in [-0.05, 0) is 61.0 Å². The monoisotopic (exact) mass is 411 g/mol. The first kappa shape index (κ1) is 22.7. The molecule has 0 radical (unpaired) electrons. The van der Waals surface area contributed by atoms with Gasteiger partial charge in [-0.25, -0.2) is 0 Å². The highest BCUT2D eigenvalue weighted by Crippen LogP contribution is 2.44. The van der Waals surface area contributed by atoms with Gasteiger partial charge in [0.1, 0.15) is 5.75 Å². The standard InChI is InChI=1S/C22H38ClNO2Si/c1-7-27(8-2,9-3)26-20(16-24-15-17-13-22(4,5)14-17)21-18(23)11-10-12-19(21)25-6/h10-12,17,20,24H,7-9,13-16H2,1-6H3. The zero-order chi connectivity index (χ0) is 20.1. The predicted molar refractivity (Wildman–Crippen MR) is 118 cm³/mol. The third-order valence-corrected chi connectivity index (χ3v) is 11.3. The van der Waals surface area contributed by atoms with Gasteiger partial charge in [0.25, 0.3) is 0 Å². The smallest absolute Gasteiger partial charge is 0.192 e. The highest BCUT2D eigenvalue weighted by molar-refractivity contribution is 6.73. The van der Waals surface area contributed by atoms with Crippen molar-refractivity contribution in [3.8, 4) is 5.75 Å². The van der Waals surface area contributed by atoms with Crippen molar-refractivity contribution in [1.29, 1.82) is 0 Å². The molecule has 3 nitrogen and oxygen atoms in total. The Morgan fingerprint density at radius 2 is 1.81 bits per heavy atom. The fourth-order valence-electron chi connectivity index (χ4n) is 4.58. The van der Waals surface area contributed by atoms with Crippen molar-refractivity contribution < 1.29 is 9.16 Å². The summed E-state index contributed by atoms with van der Waals surface area (Å²) >= 11 is 6.61. The van der Waals surface area contributed by atoms with Gasteiger partial charge in [0, 0.05) is 12.1 Å². The van der Waals surface area contributed by atoms with Gasteiger partial charge < -0.3 is 14.5 Å². The summed E-state index contributed by atoms with van der Waals surface area (Å²) in [6, 6.07) is 9.24. The lowest BCUT2D eigenvalue weighted by Gasteiger charge is -2.43. The van der Waals surface area contributed by atoms with Gasteiger partial charge in [0.15, 0.2) is 8.32 Å². The van der Waals surface area contributed by atoms with Gasteiger partial charge in [-0.2, -0.15) is 0 Å². The molecule has 154 valence electrons. The number of benzene rings is 1. The Labute approximate surface area is 172 Å². The molecule has 0 heterocycles. The van der Waals surface area contributed by atoms with E-state index in [0.717, 1.165) is 53.5 Å². The van der Waals surface area contributed by atoms with Crippen LogP contribution in [-0.4, -0.2) is 28.5 Å². The summed E-state index contributed by atoms with van der Waals surface area (Å²) in [5, 5.41) is 4.41. The number of halogens is 1. The maximum Gasteiger partial charge on any atom is 0.192 e. The third-order valence-electron chi connectivity index (χ3n) is 6.33. The van der Waals surface area contributed by atoms with E-state index >= 15 is 0 Å². The van der Waals surface area contributed by atoms with Gasteiger partial charge >= 0.3 is 0 Å². The molecule has 1 saturated carbocycles. The molecule has 0 saturated heterocycles. The number of ether oxygens (including phenoxy) is 1. The normalized spacial score (nSPS) is 18.2. The van der Waals surface area contributed by atoms with E-state index in [4.69, 9.17) is 20.8 Å². The molecule has 0 bridgehead atoms. The third kappa shape index (κ3) is 5.72. The molecule has 0 aliphatic heterocycles. The van der Waals surface area contributed by atoms with Crippen LogP contribution in [-0.2, 0) is 4.43 Å². The molecule has 0 spiro atoms. The Morgan fingerprint density at radius 1 is 1.19 bits per heavy atom. The molecule has 0 aromatic heterocycles. The van der Waals surface area contributed by atoms with E-state index in [2.05, 4.69) is 39.9 Å². The first-order valence-electron chi connectivity index (χ1n) is 10.5. The summed E-state index contributed by atoms with van der Waals surface area (Å²) < 4.78 is 12.5. The number of hydrogen-bond acceptors (Lipinski definition) is 3. The largest absolute Gasteiger partial charge is 0.496 e. The fraction of sp³-hybridized carbons (Fsp3) is 0.727. The zero-order valence-electron chi connectivity index (χ0n) is 18.0. The molecule has 2 rings (SSSR count). The topological polar surface area (TPSA) is 30.5 Å². The van der Waals surface area contributed by atoms with Crippen molar-refractivity contribution in [3.05, 3.63) is 28.8 Å². The molecular formula is C22H38ClNO2Si. The second-order valence-electron chi connectivity index (χ2n) is 8.80. The van der Waals surface area contributed by atoms with Crippen LogP contribution in [0.15, 0.2) is 18.2 Å². The lowest BCUT2D eigenvalue weighted by atomic mass is 9.64. The Kier molecular flexibility index (Phi) is 8.23. The molecule has 1 aromatic rings. The summed E-state index contributed by atoms with van der Waals surface area (Å²) in [6.07, 6.45) is 2.55. The fourth-order valence-corrected chi connectivity index (χ4v) is 7.67. The summed E-state index contributed by atoms with van der Waals surface area (Å²) in [6.45, 7) is 13.3. The minimum Gasteiger partial charge on any atom is -0.496 e. The van der Waals surface area contributed by atoms with Gasteiger partial charge in [0.05, 0.1) is 18.2 Å². The van der Waals surface area contributed by atoms with Crippen LogP contribution < -0.4 is 10.1 Å². The zero-order valence-corrected chi connectivity index (χ0v) is 19.8. The van der Waals surface area contributed by atoms with Gasteiger partial charge in [-0.3, -0.25) is 0 Å². The van der Waals surface area contributed by atoms with Crippen molar-refractivity contribution in [2.24, 2.45) is 11.3 Å². The SMILES string of the molecule is CC[Si](CC)(CC)OC(CNCC1CC(C)(C)C1)c1c(Cl)cccc1OC. The lowest BCUT2D eigenvalue weighted by molar-refractivity contribution is 0.0913. The second-order valence-corrected chi connectivity index (χ2v) is 13.9. The van der Waals surface area contributed by atoms with E-state index in [9.17, 15) is 0 Å². The average molecular weight is 412 g/mol. The number of rotatable bonds is 11. The molecule has 27 heavy (non-hydrogen) atoms. The van der Waals surface area contributed by atoms with E-state index in [1.54, 1.807) is 7.11 Å². The second kappa shape index (κ2) is 9.77. The van der Waals surface area contributed by atoms with E-state index in [-0.39, 0.29) is 6.10 Å². The Bertz CT molecular complexity index is 588. The first-order valence-corrected chi connectivity index (χ1v) is 13.4. The van der Waals surface area contributed by atoms with Crippen molar-refractivity contribution in [2.45, 2.75) is 71.7 Å². The molecule has 1 aliphatic carbocycles. The Morgan fingerprint density at radius 3 is 2.33 bits per heavy atom. The number of methoxy groups -OCH3 is 1. The average Bonchev–Trinajstić information content (AvgIpc) is 2.63. The summed E-state index contributed by atoms with van der Waals surface area (Å²) in [7, 11) is -0.0620. The highest BCUT2D eigenvalue weighted by atomic mass is 35.5. The maximum atomic E-state index is 6.88. The lowest BCUT2D eigenvalue weighted by Crippen LogP contribution is -2.42. The van der Waals surface area contributed by atoms with Crippen LogP contribution in [0, 0.1) is 11.3 Å². The summed E-state index contributed by atoms with van der Waals surface area (Å²) in [5.74, 6) is 1.60.